The number of hydrogen-bond acceptors (Lipinski definition) is 4. The van der Waals surface area contributed by atoms with Crippen LogP contribution in [0.3, 0.4) is 0 Å². The van der Waals surface area contributed by atoms with Crippen molar-refractivity contribution in [1.82, 2.24) is 14.9 Å². The van der Waals surface area contributed by atoms with E-state index in [0.717, 1.165) is 44.6 Å². The van der Waals surface area contributed by atoms with Gasteiger partial charge in [0, 0.05) is 26.1 Å². The van der Waals surface area contributed by atoms with E-state index in [0.29, 0.717) is 22.3 Å². The van der Waals surface area contributed by atoms with Gasteiger partial charge >= 0.3 is 0 Å². The molecular formula is C19H29N3O3S. The van der Waals surface area contributed by atoms with Crippen molar-refractivity contribution in [2.24, 2.45) is 11.8 Å². The SMILES string of the molecule is Cc1ccc(C)c(S(=O)(=O)NCCC(=O)N2CC[C@@H]3CNC[C@@H]3CC2)c1. The molecule has 0 aliphatic carbocycles. The topological polar surface area (TPSA) is 78.5 Å². The molecule has 2 heterocycles. The van der Waals surface area contributed by atoms with Crippen LogP contribution in [-0.2, 0) is 14.8 Å². The summed E-state index contributed by atoms with van der Waals surface area (Å²) in [5.41, 5.74) is 1.61. The lowest BCUT2D eigenvalue weighted by molar-refractivity contribution is -0.131. The summed E-state index contributed by atoms with van der Waals surface area (Å²) in [7, 11) is -3.59. The van der Waals surface area contributed by atoms with E-state index in [9.17, 15) is 13.2 Å². The highest BCUT2D eigenvalue weighted by Crippen LogP contribution is 2.27. The van der Waals surface area contributed by atoms with Crippen LogP contribution in [0, 0.1) is 25.7 Å². The fourth-order valence-electron chi connectivity index (χ4n) is 3.99. The monoisotopic (exact) mass is 379 g/mol. The Hall–Kier alpha value is -1.44. The van der Waals surface area contributed by atoms with Crippen LogP contribution in [0.1, 0.15) is 30.4 Å². The first-order chi connectivity index (χ1) is 12.4. The third-order valence-electron chi connectivity index (χ3n) is 5.64. The molecule has 2 aliphatic heterocycles. The highest BCUT2D eigenvalue weighted by atomic mass is 32.2. The Morgan fingerprint density at radius 1 is 1.19 bits per heavy atom. The lowest BCUT2D eigenvalue weighted by Crippen LogP contribution is -2.35. The molecule has 0 bridgehead atoms. The number of aryl methyl sites for hydroxylation is 2. The first-order valence-electron chi connectivity index (χ1n) is 9.42. The van der Waals surface area contributed by atoms with Gasteiger partial charge in [-0.25, -0.2) is 13.1 Å². The highest BCUT2D eigenvalue weighted by Gasteiger charge is 2.31. The maximum atomic E-state index is 12.5. The van der Waals surface area contributed by atoms with E-state index >= 15 is 0 Å². The van der Waals surface area contributed by atoms with Crippen molar-refractivity contribution in [2.45, 2.75) is 38.0 Å². The largest absolute Gasteiger partial charge is 0.343 e. The van der Waals surface area contributed by atoms with Gasteiger partial charge < -0.3 is 10.2 Å². The van der Waals surface area contributed by atoms with Crippen LogP contribution in [0.25, 0.3) is 0 Å². The van der Waals surface area contributed by atoms with Crippen LogP contribution in [-0.4, -0.2) is 51.9 Å². The second kappa shape index (κ2) is 8.06. The number of rotatable bonds is 5. The van der Waals surface area contributed by atoms with Gasteiger partial charge in [-0.05, 0) is 68.8 Å². The molecule has 0 spiro atoms. The molecule has 2 fully saturated rings. The Labute approximate surface area is 156 Å². The quantitative estimate of drug-likeness (QED) is 0.811. The molecule has 0 saturated carbocycles. The number of likely N-dealkylation sites (tertiary alicyclic amines) is 1. The predicted octanol–water partition coefficient (Wildman–Crippen LogP) is 1.43. The van der Waals surface area contributed by atoms with Crippen LogP contribution >= 0.6 is 0 Å². The summed E-state index contributed by atoms with van der Waals surface area (Å²) in [5.74, 6) is 1.40. The minimum atomic E-state index is -3.59. The second-order valence-corrected chi connectivity index (χ2v) is 9.29. The Morgan fingerprint density at radius 3 is 2.50 bits per heavy atom. The molecule has 2 saturated heterocycles. The fourth-order valence-corrected chi connectivity index (χ4v) is 5.35. The maximum absolute atomic E-state index is 12.5. The van der Waals surface area contributed by atoms with Crippen molar-refractivity contribution in [3.05, 3.63) is 29.3 Å². The Morgan fingerprint density at radius 2 is 1.85 bits per heavy atom. The van der Waals surface area contributed by atoms with E-state index in [1.807, 2.05) is 17.9 Å². The zero-order chi connectivity index (χ0) is 18.7. The molecule has 3 rings (SSSR count). The van der Waals surface area contributed by atoms with Gasteiger partial charge in [-0.1, -0.05) is 12.1 Å². The number of amides is 1. The lowest BCUT2D eigenvalue weighted by Gasteiger charge is -2.21. The minimum absolute atomic E-state index is 0.0431. The molecule has 2 atom stereocenters. The van der Waals surface area contributed by atoms with E-state index in [4.69, 9.17) is 0 Å². The maximum Gasteiger partial charge on any atom is 0.240 e. The number of hydrogen-bond donors (Lipinski definition) is 2. The average Bonchev–Trinajstić information content (AvgIpc) is 2.95. The number of benzene rings is 1. The van der Waals surface area contributed by atoms with Gasteiger partial charge in [-0.2, -0.15) is 0 Å². The molecule has 0 radical (unpaired) electrons. The smallest absolute Gasteiger partial charge is 0.240 e. The van der Waals surface area contributed by atoms with Crippen LogP contribution < -0.4 is 10.0 Å². The van der Waals surface area contributed by atoms with Crippen LogP contribution in [0.4, 0.5) is 0 Å². The predicted molar refractivity (Wildman–Crippen MR) is 101 cm³/mol. The Bertz CT molecular complexity index is 749. The molecule has 7 heteroatoms. The van der Waals surface area contributed by atoms with E-state index in [1.165, 1.54) is 0 Å². The van der Waals surface area contributed by atoms with Crippen molar-refractivity contribution < 1.29 is 13.2 Å². The van der Waals surface area contributed by atoms with Crippen LogP contribution in [0.15, 0.2) is 23.1 Å². The van der Waals surface area contributed by atoms with Crippen molar-refractivity contribution in [2.75, 3.05) is 32.7 Å². The Kier molecular flexibility index (Phi) is 5.99. The highest BCUT2D eigenvalue weighted by molar-refractivity contribution is 7.89. The van der Waals surface area contributed by atoms with Gasteiger partial charge in [0.2, 0.25) is 15.9 Å². The summed E-state index contributed by atoms with van der Waals surface area (Å²) in [6.07, 6.45) is 2.28. The molecule has 1 aromatic rings. The van der Waals surface area contributed by atoms with E-state index in [-0.39, 0.29) is 18.9 Å². The zero-order valence-corrected chi connectivity index (χ0v) is 16.4. The summed E-state index contributed by atoms with van der Waals surface area (Å²) in [6, 6.07) is 5.36. The van der Waals surface area contributed by atoms with Crippen molar-refractivity contribution in [1.29, 1.82) is 0 Å². The number of carbonyl (C=O) groups is 1. The number of sulfonamides is 1. The normalized spacial score (nSPS) is 23.5. The molecule has 0 aromatic heterocycles. The average molecular weight is 380 g/mol. The van der Waals surface area contributed by atoms with Crippen molar-refractivity contribution >= 4 is 15.9 Å². The lowest BCUT2D eigenvalue weighted by atomic mass is 9.92. The molecule has 0 unspecified atom stereocenters. The third-order valence-corrected chi connectivity index (χ3v) is 7.24. The van der Waals surface area contributed by atoms with Crippen LogP contribution in [0.2, 0.25) is 0 Å². The summed E-state index contributed by atoms with van der Waals surface area (Å²) >= 11 is 0. The van der Waals surface area contributed by atoms with E-state index in [2.05, 4.69) is 10.0 Å². The standard InChI is InChI=1S/C19H29N3O3S/c1-14-3-4-15(2)18(11-14)26(24,25)21-8-5-19(23)22-9-6-16-12-20-13-17(16)7-10-22/h3-4,11,16-17,20-21H,5-10,12-13H2,1-2H3/t16-,17+. The van der Waals surface area contributed by atoms with Gasteiger partial charge in [-0.3, -0.25) is 4.79 Å². The van der Waals surface area contributed by atoms with E-state index in [1.54, 1.807) is 19.1 Å². The minimum Gasteiger partial charge on any atom is -0.343 e. The third kappa shape index (κ3) is 4.45. The van der Waals surface area contributed by atoms with Gasteiger partial charge in [-0.15, -0.1) is 0 Å². The van der Waals surface area contributed by atoms with Crippen molar-refractivity contribution in [3.63, 3.8) is 0 Å². The molecule has 2 N–H and O–H groups in total. The summed E-state index contributed by atoms with van der Waals surface area (Å²) in [5, 5.41) is 3.43. The van der Waals surface area contributed by atoms with Gasteiger partial charge in [0.1, 0.15) is 0 Å². The van der Waals surface area contributed by atoms with Gasteiger partial charge in [0.25, 0.3) is 0 Å². The summed E-state index contributed by atoms with van der Waals surface area (Å²) in [6.45, 7) is 7.47. The molecule has 2 aliphatic rings. The number of nitrogens with zero attached hydrogens (tertiary/aromatic N) is 1. The number of nitrogens with one attached hydrogen (secondary N) is 2. The molecule has 1 aromatic carbocycles. The zero-order valence-electron chi connectivity index (χ0n) is 15.6. The van der Waals surface area contributed by atoms with Gasteiger partial charge in [0.15, 0.2) is 0 Å². The second-order valence-electron chi connectivity index (χ2n) is 7.55. The molecular weight excluding hydrogens is 350 g/mol. The Balaban J connectivity index is 1.52. The van der Waals surface area contributed by atoms with Gasteiger partial charge in [0.05, 0.1) is 4.90 Å². The van der Waals surface area contributed by atoms with E-state index < -0.39 is 10.0 Å². The van der Waals surface area contributed by atoms with Crippen LogP contribution in [0.5, 0.6) is 0 Å². The molecule has 6 nitrogen and oxygen atoms in total. The number of fused-ring (bicyclic) bond motifs is 1. The molecule has 144 valence electrons. The van der Waals surface area contributed by atoms with Crippen molar-refractivity contribution in [3.8, 4) is 0 Å². The summed E-state index contributed by atoms with van der Waals surface area (Å²) in [4.78, 5) is 14.7. The first kappa shape index (κ1) is 19.3. The molecule has 26 heavy (non-hydrogen) atoms. The fraction of sp³-hybridized carbons (Fsp3) is 0.632. The number of carbonyl (C=O) groups excluding carboxylic acids is 1. The summed E-state index contributed by atoms with van der Waals surface area (Å²) < 4.78 is 27.6. The molecule has 1 amide bonds. The first-order valence-corrected chi connectivity index (χ1v) is 10.9.